The Kier molecular flexibility index (Phi) is 7.93. The second kappa shape index (κ2) is 10.8. The quantitative estimate of drug-likeness (QED) is 0.410. The van der Waals surface area contributed by atoms with E-state index in [1.807, 2.05) is 6.92 Å². The van der Waals surface area contributed by atoms with Crippen LogP contribution in [0.1, 0.15) is 61.5 Å². The van der Waals surface area contributed by atoms with Gasteiger partial charge in [-0.3, -0.25) is 9.29 Å². The summed E-state index contributed by atoms with van der Waals surface area (Å²) in [4.78, 5) is 8.55. The Hall–Kier alpha value is -3.26. The van der Waals surface area contributed by atoms with Gasteiger partial charge in [0.15, 0.2) is 15.7 Å². The number of sulfonamides is 1. The van der Waals surface area contributed by atoms with Crippen molar-refractivity contribution in [1.29, 1.82) is 0 Å². The van der Waals surface area contributed by atoms with Crippen LogP contribution in [-0.2, 0) is 19.9 Å². The Balaban J connectivity index is 1.83. The van der Waals surface area contributed by atoms with Crippen LogP contribution in [0.3, 0.4) is 0 Å². The molecular formula is C24H32N6O6S2. The van der Waals surface area contributed by atoms with E-state index < -0.39 is 36.3 Å². The van der Waals surface area contributed by atoms with Crippen molar-refractivity contribution >= 4 is 25.8 Å². The number of hydrogen-bond donors (Lipinski definition) is 1. The SMILES string of the molecule is COc1cccc(OC)c1-n1c(NS(=O)(=O)[C@@H](C)[C@H](C)c2ncc(C)cn2)nnc1[C@H]1CCCCS1(=O)=O. The molecule has 0 saturated carbocycles. The van der Waals surface area contributed by atoms with Gasteiger partial charge >= 0.3 is 0 Å². The number of anilines is 1. The Morgan fingerprint density at radius 3 is 2.26 bits per heavy atom. The van der Waals surface area contributed by atoms with E-state index in [-0.39, 0.29) is 17.5 Å². The monoisotopic (exact) mass is 564 g/mol. The maximum Gasteiger partial charge on any atom is 0.243 e. The normalized spacial score (nSPS) is 18.9. The molecule has 1 aliphatic rings. The van der Waals surface area contributed by atoms with E-state index >= 15 is 0 Å². The lowest BCUT2D eigenvalue weighted by Gasteiger charge is -2.24. The molecule has 14 heteroatoms. The van der Waals surface area contributed by atoms with E-state index in [0.717, 1.165) is 5.56 Å². The molecule has 206 valence electrons. The molecule has 0 bridgehead atoms. The summed E-state index contributed by atoms with van der Waals surface area (Å²) in [6.45, 7) is 5.12. The largest absolute Gasteiger partial charge is 0.494 e. The van der Waals surface area contributed by atoms with Crippen LogP contribution in [0.2, 0.25) is 0 Å². The summed E-state index contributed by atoms with van der Waals surface area (Å²) < 4.78 is 68.2. The second-order valence-corrected chi connectivity index (χ2v) is 13.7. The van der Waals surface area contributed by atoms with Gasteiger partial charge in [-0.2, -0.15) is 0 Å². The number of methoxy groups -OCH3 is 2. The van der Waals surface area contributed by atoms with E-state index in [9.17, 15) is 16.8 Å². The number of aryl methyl sites for hydroxylation is 1. The number of sulfone groups is 1. The molecule has 3 aromatic rings. The summed E-state index contributed by atoms with van der Waals surface area (Å²) in [6, 6.07) is 5.03. The van der Waals surface area contributed by atoms with Crippen LogP contribution in [0.5, 0.6) is 11.5 Å². The van der Waals surface area contributed by atoms with E-state index in [2.05, 4.69) is 24.9 Å². The van der Waals surface area contributed by atoms with Crippen molar-refractivity contribution in [3.05, 3.63) is 47.8 Å². The predicted octanol–water partition coefficient (Wildman–Crippen LogP) is 2.96. The third-order valence-corrected chi connectivity index (χ3v) is 10.8. The number of nitrogens with one attached hydrogen (secondary N) is 1. The van der Waals surface area contributed by atoms with Crippen LogP contribution in [0.4, 0.5) is 5.95 Å². The molecule has 3 atom stereocenters. The molecule has 0 radical (unpaired) electrons. The first-order valence-corrected chi connectivity index (χ1v) is 15.4. The third-order valence-electron chi connectivity index (χ3n) is 6.82. The highest BCUT2D eigenvalue weighted by molar-refractivity contribution is 7.93. The fraction of sp³-hybridized carbons (Fsp3) is 0.500. The molecule has 3 heterocycles. The summed E-state index contributed by atoms with van der Waals surface area (Å²) in [5.74, 6) is 0.417. The van der Waals surface area contributed by atoms with Gasteiger partial charge in [-0.05, 0) is 44.4 Å². The molecule has 1 N–H and O–H groups in total. The highest BCUT2D eigenvalue weighted by Gasteiger charge is 2.38. The molecule has 0 spiro atoms. The highest BCUT2D eigenvalue weighted by atomic mass is 32.2. The topological polar surface area (TPSA) is 155 Å². The van der Waals surface area contributed by atoms with Gasteiger partial charge < -0.3 is 9.47 Å². The second-order valence-electron chi connectivity index (χ2n) is 9.34. The summed E-state index contributed by atoms with van der Waals surface area (Å²) in [5, 5.41) is 6.38. The number of hydrogen-bond acceptors (Lipinski definition) is 10. The zero-order valence-electron chi connectivity index (χ0n) is 21.9. The maximum atomic E-state index is 13.6. The molecule has 4 rings (SSSR count). The number of nitrogens with zero attached hydrogens (tertiary/aromatic N) is 5. The number of para-hydroxylation sites is 1. The first-order valence-electron chi connectivity index (χ1n) is 12.2. The summed E-state index contributed by atoms with van der Waals surface area (Å²) in [5.41, 5.74) is 1.15. The van der Waals surface area contributed by atoms with Crippen molar-refractivity contribution in [3.8, 4) is 17.2 Å². The first-order chi connectivity index (χ1) is 18.0. The average molecular weight is 565 g/mol. The summed E-state index contributed by atoms with van der Waals surface area (Å²) in [7, 11) is -4.71. The van der Waals surface area contributed by atoms with Crippen LogP contribution >= 0.6 is 0 Å². The molecule has 0 aliphatic carbocycles. The third kappa shape index (κ3) is 5.32. The lowest BCUT2D eigenvalue weighted by molar-refractivity contribution is 0.390. The van der Waals surface area contributed by atoms with Crippen LogP contribution in [0.15, 0.2) is 30.6 Å². The van der Waals surface area contributed by atoms with Gasteiger partial charge in [-0.15, -0.1) is 10.2 Å². The number of rotatable bonds is 9. The van der Waals surface area contributed by atoms with Gasteiger partial charge in [0.25, 0.3) is 0 Å². The standard InChI is InChI=1S/C24H32N6O6S2/c1-15-13-25-22(26-14-15)16(2)17(3)38(33,34)29-24-28-27-23(20-11-6-7-12-37(20,31)32)30(24)21-18(35-4)9-8-10-19(21)36-5/h8-10,13-14,16-17,20H,6-7,11-12H2,1-5H3,(H,28,29)/t16-,17-,20+/m0/s1. The van der Waals surface area contributed by atoms with Gasteiger partial charge in [0, 0.05) is 18.3 Å². The Morgan fingerprint density at radius 2 is 1.68 bits per heavy atom. The molecule has 0 amide bonds. The first kappa shape index (κ1) is 27.8. The molecular weight excluding hydrogens is 532 g/mol. The van der Waals surface area contributed by atoms with Crippen molar-refractivity contribution in [3.63, 3.8) is 0 Å². The Labute approximate surface area is 222 Å². The molecule has 1 saturated heterocycles. The minimum absolute atomic E-state index is 0.0136. The number of aromatic nitrogens is 5. The predicted molar refractivity (Wildman–Crippen MR) is 142 cm³/mol. The highest BCUT2D eigenvalue weighted by Crippen LogP contribution is 2.40. The summed E-state index contributed by atoms with van der Waals surface area (Å²) >= 11 is 0. The lowest BCUT2D eigenvalue weighted by Crippen LogP contribution is -2.32. The van der Waals surface area contributed by atoms with Crippen molar-refractivity contribution < 1.29 is 26.3 Å². The molecule has 12 nitrogen and oxygen atoms in total. The average Bonchev–Trinajstić information content (AvgIpc) is 3.28. The lowest BCUT2D eigenvalue weighted by atomic mass is 10.1. The number of benzene rings is 1. The minimum Gasteiger partial charge on any atom is -0.494 e. The van der Waals surface area contributed by atoms with Crippen LogP contribution < -0.4 is 14.2 Å². The minimum atomic E-state index is -4.07. The van der Waals surface area contributed by atoms with Crippen LogP contribution in [-0.4, -0.2) is 66.8 Å². The zero-order valence-corrected chi connectivity index (χ0v) is 23.6. The van der Waals surface area contributed by atoms with Gasteiger partial charge in [-0.1, -0.05) is 19.4 Å². The van der Waals surface area contributed by atoms with E-state index in [4.69, 9.17) is 9.47 Å². The van der Waals surface area contributed by atoms with E-state index in [0.29, 0.717) is 42.3 Å². The maximum absolute atomic E-state index is 13.6. The van der Waals surface area contributed by atoms with Crippen LogP contribution in [0, 0.1) is 6.92 Å². The van der Waals surface area contributed by atoms with Gasteiger partial charge in [0.1, 0.15) is 28.3 Å². The van der Waals surface area contributed by atoms with E-state index in [1.165, 1.54) is 18.8 Å². The van der Waals surface area contributed by atoms with Gasteiger partial charge in [-0.25, -0.2) is 26.8 Å². The zero-order chi connectivity index (χ0) is 27.7. The summed E-state index contributed by atoms with van der Waals surface area (Å²) in [6.07, 6.45) is 4.84. The van der Waals surface area contributed by atoms with Crippen molar-refractivity contribution in [1.82, 2.24) is 24.7 Å². The fourth-order valence-corrected chi connectivity index (χ4v) is 7.55. The molecule has 1 fully saturated rings. The molecule has 2 aromatic heterocycles. The van der Waals surface area contributed by atoms with Crippen molar-refractivity contribution in [2.24, 2.45) is 0 Å². The Morgan fingerprint density at radius 1 is 1.05 bits per heavy atom. The van der Waals surface area contributed by atoms with Crippen LogP contribution in [0.25, 0.3) is 5.69 Å². The molecule has 0 unspecified atom stereocenters. The van der Waals surface area contributed by atoms with E-state index in [1.54, 1.807) is 44.4 Å². The fourth-order valence-electron chi connectivity index (χ4n) is 4.42. The van der Waals surface area contributed by atoms with Gasteiger partial charge in [0.2, 0.25) is 16.0 Å². The molecule has 1 aliphatic heterocycles. The molecule has 38 heavy (non-hydrogen) atoms. The number of ether oxygens (including phenoxy) is 2. The van der Waals surface area contributed by atoms with Crippen molar-refractivity contribution in [2.45, 2.75) is 56.5 Å². The van der Waals surface area contributed by atoms with Crippen molar-refractivity contribution in [2.75, 3.05) is 24.7 Å². The molecule has 1 aromatic carbocycles. The Bertz CT molecular complexity index is 1480. The van der Waals surface area contributed by atoms with Gasteiger partial charge in [0.05, 0.1) is 25.2 Å². The smallest absolute Gasteiger partial charge is 0.243 e.